The fourth-order valence-corrected chi connectivity index (χ4v) is 5.10. The van der Waals surface area contributed by atoms with Crippen LogP contribution in [-0.2, 0) is 18.4 Å². The van der Waals surface area contributed by atoms with Crippen LogP contribution in [0.15, 0.2) is 45.4 Å². The van der Waals surface area contributed by atoms with Crippen LogP contribution in [0.25, 0.3) is 11.7 Å². The molecule has 4 N–H and O–H groups in total. The van der Waals surface area contributed by atoms with Gasteiger partial charge in [-0.2, -0.15) is 9.61 Å². The maximum Gasteiger partial charge on any atom is 0.326 e. The summed E-state index contributed by atoms with van der Waals surface area (Å²) in [5.41, 5.74) is 1.78. The number of carbonyl (C=O) groups is 1. The molecule has 36 heavy (non-hydrogen) atoms. The lowest BCUT2D eigenvalue weighted by molar-refractivity contribution is -0.117. The molecule has 0 saturated heterocycles. The molecule has 184 valence electrons. The van der Waals surface area contributed by atoms with E-state index in [0.717, 1.165) is 24.4 Å². The van der Waals surface area contributed by atoms with Gasteiger partial charge in [-0.3, -0.25) is 14.8 Å². The van der Waals surface area contributed by atoms with Gasteiger partial charge in [-0.25, -0.2) is 14.8 Å². The monoisotopic (exact) mass is 505 g/mol. The number of amides is 1. The van der Waals surface area contributed by atoms with E-state index in [1.54, 1.807) is 23.0 Å². The van der Waals surface area contributed by atoms with Gasteiger partial charge in [-0.05, 0) is 25.3 Å². The van der Waals surface area contributed by atoms with Crippen LogP contribution in [0.4, 0.5) is 0 Å². The molecule has 0 aromatic carbocycles. The molecule has 1 fully saturated rings. The van der Waals surface area contributed by atoms with Crippen LogP contribution < -0.4 is 21.7 Å². The highest BCUT2D eigenvalue weighted by atomic mass is 32.2. The molecule has 0 radical (unpaired) electrons. The number of hydrogen-bond donors (Lipinski definition) is 4. The zero-order valence-corrected chi connectivity index (χ0v) is 20.1. The lowest BCUT2D eigenvalue weighted by Crippen LogP contribution is -2.24. The van der Waals surface area contributed by atoms with Crippen molar-refractivity contribution < 1.29 is 9.90 Å². The van der Waals surface area contributed by atoms with Crippen LogP contribution in [-0.4, -0.2) is 51.2 Å². The van der Waals surface area contributed by atoms with Crippen molar-refractivity contribution in [2.24, 2.45) is 12.0 Å². The number of fused-ring (bicyclic) bond motifs is 1. The molecule has 0 spiro atoms. The minimum atomic E-state index is -0.504. The number of aromatic nitrogens is 7. The number of H-pyrrole nitrogens is 2. The zero-order valence-electron chi connectivity index (χ0n) is 19.3. The Morgan fingerprint density at radius 2 is 2.25 bits per heavy atom. The van der Waals surface area contributed by atoms with Gasteiger partial charge in [-0.15, -0.1) is 11.8 Å². The molecule has 1 aliphatic heterocycles. The predicted molar refractivity (Wildman–Crippen MR) is 132 cm³/mol. The quantitative estimate of drug-likeness (QED) is 0.291. The largest absolute Gasteiger partial charge is 0.493 e. The van der Waals surface area contributed by atoms with E-state index in [-0.39, 0.29) is 28.8 Å². The molecule has 1 atom stereocenters. The Hall–Kier alpha value is -4.13. The predicted octanol–water partition coefficient (Wildman–Crippen LogP) is 0.174. The molecule has 1 aliphatic carbocycles. The van der Waals surface area contributed by atoms with Gasteiger partial charge in [0.15, 0.2) is 11.1 Å². The second-order valence-corrected chi connectivity index (χ2v) is 10.0. The van der Waals surface area contributed by atoms with Crippen molar-refractivity contribution >= 4 is 29.4 Å². The van der Waals surface area contributed by atoms with E-state index in [0.29, 0.717) is 34.2 Å². The van der Waals surface area contributed by atoms with Crippen molar-refractivity contribution in [1.29, 1.82) is 0 Å². The molecule has 2 aliphatic rings. The average Bonchev–Trinajstić information content (AvgIpc) is 3.21. The van der Waals surface area contributed by atoms with Gasteiger partial charge in [0.05, 0.1) is 34.6 Å². The molecule has 13 heteroatoms. The highest BCUT2D eigenvalue weighted by Crippen LogP contribution is 2.42. The van der Waals surface area contributed by atoms with Gasteiger partial charge in [0.2, 0.25) is 5.88 Å². The summed E-state index contributed by atoms with van der Waals surface area (Å²) in [6.07, 6.45) is 11.4. The number of aryl methyl sites for hydroxylation is 1. The number of aromatic amines is 2. The molecule has 1 saturated carbocycles. The average molecular weight is 506 g/mol. The first-order chi connectivity index (χ1) is 17.4. The summed E-state index contributed by atoms with van der Waals surface area (Å²) >= 11 is 1.47. The van der Waals surface area contributed by atoms with E-state index in [9.17, 15) is 14.7 Å². The molecule has 1 unspecified atom stereocenters. The van der Waals surface area contributed by atoms with Crippen molar-refractivity contribution in [3.8, 4) is 5.88 Å². The minimum Gasteiger partial charge on any atom is -0.493 e. The zero-order chi connectivity index (χ0) is 24.8. The van der Waals surface area contributed by atoms with E-state index in [1.165, 1.54) is 11.8 Å². The number of nitrogens with zero attached hydrogens (tertiary/aromatic N) is 6. The van der Waals surface area contributed by atoms with E-state index < -0.39 is 5.69 Å². The first-order valence-electron chi connectivity index (χ1n) is 11.5. The maximum absolute atomic E-state index is 12.8. The standard InChI is InChI=1S/C23H23N9O3S/c1-31-7-6-24-19(31)11-25-22(34)17-5-4-16(36-17)14-9-18(27-13-2-3-13)32-20(28-14)12(10-26-32)8-15-21(33)30-23(35)29-15/h5-10,13,16,33H,2-4,11H2,1H3,(H,25,34)(H2,29,30,35). The lowest BCUT2D eigenvalue weighted by atomic mass is 10.2. The summed E-state index contributed by atoms with van der Waals surface area (Å²) in [6, 6.07) is 2.20. The SMILES string of the molecule is Cn1ccnc1CNC(=O)C1=CCC(c2cc(=NC3CC3)n3ncc(=Cc4[nH]c(=O)[nH]c4O)c3n2)S1. The third kappa shape index (κ3) is 4.33. The van der Waals surface area contributed by atoms with Crippen LogP contribution in [0, 0.1) is 0 Å². The fourth-order valence-electron chi connectivity index (χ4n) is 3.98. The van der Waals surface area contributed by atoms with Gasteiger partial charge in [0.1, 0.15) is 11.5 Å². The maximum atomic E-state index is 12.8. The molecule has 0 bridgehead atoms. The lowest BCUT2D eigenvalue weighted by Gasteiger charge is -2.11. The Morgan fingerprint density at radius 1 is 1.39 bits per heavy atom. The van der Waals surface area contributed by atoms with Crippen molar-refractivity contribution in [2.45, 2.75) is 37.1 Å². The third-order valence-corrected chi connectivity index (χ3v) is 7.39. The number of aromatic hydroxyl groups is 1. The Kier molecular flexibility index (Phi) is 5.48. The number of imidazole rings is 2. The Balaban J connectivity index is 1.30. The summed E-state index contributed by atoms with van der Waals surface area (Å²) in [5.74, 6) is 0.385. The highest BCUT2D eigenvalue weighted by molar-refractivity contribution is 8.04. The summed E-state index contributed by atoms with van der Waals surface area (Å²) in [4.78, 5) is 43.7. The molecular weight excluding hydrogens is 482 g/mol. The number of rotatable bonds is 6. The van der Waals surface area contributed by atoms with E-state index in [4.69, 9.17) is 9.98 Å². The highest BCUT2D eigenvalue weighted by Gasteiger charge is 2.27. The number of carbonyl (C=O) groups excluding carboxylic acids is 1. The second-order valence-electron chi connectivity index (χ2n) is 8.77. The van der Waals surface area contributed by atoms with E-state index in [1.807, 2.05) is 30.0 Å². The van der Waals surface area contributed by atoms with Crippen LogP contribution in [0.5, 0.6) is 5.88 Å². The molecule has 1 amide bonds. The topological polar surface area (TPSA) is 158 Å². The van der Waals surface area contributed by atoms with Gasteiger partial charge >= 0.3 is 5.69 Å². The number of allylic oxidation sites excluding steroid dienone is 1. The van der Waals surface area contributed by atoms with Gasteiger partial charge in [-0.1, -0.05) is 6.08 Å². The summed E-state index contributed by atoms with van der Waals surface area (Å²) in [6.45, 7) is 0.350. The Bertz CT molecular complexity index is 1690. The molecule has 5 heterocycles. The van der Waals surface area contributed by atoms with Crippen LogP contribution in [0.3, 0.4) is 0 Å². The number of thioether (sulfide) groups is 1. The second kappa shape index (κ2) is 8.82. The fraction of sp³-hybridized carbons (Fsp3) is 0.304. The number of hydrogen-bond acceptors (Lipinski definition) is 8. The van der Waals surface area contributed by atoms with E-state index in [2.05, 4.69) is 25.4 Å². The molecular formula is C23H23N9O3S. The minimum absolute atomic E-state index is 0.0553. The summed E-state index contributed by atoms with van der Waals surface area (Å²) in [5, 5.41) is 17.9. The number of nitrogens with one attached hydrogen (secondary N) is 3. The third-order valence-electron chi connectivity index (χ3n) is 6.07. The summed E-state index contributed by atoms with van der Waals surface area (Å²) in [7, 11) is 1.89. The normalized spacial score (nSPS) is 18.8. The molecule has 4 aromatic heterocycles. The van der Waals surface area contributed by atoms with Gasteiger partial charge < -0.3 is 20.0 Å². The van der Waals surface area contributed by atoms with Gasteiger partial charge in [0, 0.05) is 30.7 Å². The molecule has 12 nitrogen and oxygen atoms in total. The molecule has 4 aromatic rings. The smallest absolute Gasteiger partial charge is 0.326 e. The van der Waals surface area contributed by atoms with Crippen molar-refractivity contribution in [3.05, 3.63) is 74.0 Å². The van der Waals surface area contributed by atoms with Crippen LogP contribution >= 0.6 is 11.8 Å². The first-order valence-corrected chi connectivity index (χ1v) is 12.4. The Morgan fingerprint density at radius 3 is 2.97 bits per heavy atom. The van der Waals surface area contributed by atoms with Gasteiger partial charge in [0.25, 0.3) is 5.91 Å². The first kappa shape index (κ1) is 22.3. The Labute approximate surface area is 207 Å². The van der Waals surface area contributed by atoms with Crippen molar-refractivity contribution in [2.75, 3.05) is 0 Å². The van der Waals surface area contributed by atoms with Crippen LogP contribution in [0.2, 0.25) is 0 Å². The summed E-state index contributed by atoms with van der Waals surface area (Å²) < 4.78 is 3.54. The van der Waals surface area contributed by atoms with Crippen LogP contribution in [0.1, 0.15) is 41.7 Å². The van der Waals surface area contributed by atoms with E-state index >= 15 is 0 Å². The van der Waals surface area contributed by atoms with Crippen molar-refractivity contribution in [3.63, 3.8) is 0 Å². The van der Waals surface area contributed by atoms with Crippen molar-refractivity contribution in [1.82, 2.24) is 39.4 Å². The molecule has 6 rings (SSSR count).